The Hall–Kier alpha value is -10.3. The Balaban J connectivity index is 0.000000154. The van der Waals surface area contributed by atoms with Gasteiger partial charge in [-0.25, -0.2) is 4.39 Å². The summed E-state index contributed by atoms with van der Waals surface area (Å²) < 4.78 is 100. The first kappa shape index (κ1) is 66.6. The average Bonchev–Trinajstić information content (AvgIpc) is 1.68. The lowest BCUT2D eigenvalue weighted by Gasteiger charge is -2.24. The van der Waals surface area contributed by atoms with Crippen LogP contribution in [0.25, 0.3) is 39.7 Å². The van der Waals surface area contributed by atoms with E-state index in [-0.39, 0.29) is 72.6 Å². The summed E-state index contributed by atoms with van der Waals surface area (Å²) in [5, 5.41) is 61.4. The van der Waals surface area contributed by atoms with Gasteiger partial charge in [0.15, 0.2) is 23.8 Å². The molecular weight excluding hydrogens is 1230 g/mol. The average molecular weight is 1300 g/mol. The number of carbonyl (C=O) groups is 2. The van der Waals surface area contributed by atoms with Gasteiger partial charge in [0, 0.05) is 87.7 Å². The van der Waals surface area contributed by atoms with Crippen molar-refractivity contribution in [2.24, 2.45) is 0 Å². The van der Waals surface area contributed by atoms with Gasteiger partial charge in [0.2, 0.25) is 17.6 Å². The van der Waals surface area contributed by atoms with E-state index in [4.69, 9.17) is 42.0 Å². The molecule has 3 aliphatic rings. The summed E-state index contributed by atoms with van der Waals surface area (Å²) in [6.07, 6.45) is 1.53. The van der Waals surface area contributed by atoms with Crippen molar-refractivity contribution in [2.45, 2.75) is 117 Å². The molecule has 0 spiro atoms. The van der Waals surface area contributed by atoms with Crippen molar-refractivity contribution >= 4 is 17.5 Å². The van der Waals surface area contributed by atoms with Gasteiger partial charge in [-0.2, -0.15) is 23.4 Å². The fraction of sp³-hybridized carbons (Fsp3) is 0.387. The molecule has 3 aliphatic heterocycles. The van der Waals surface area contributed by atoms with E-state index >= 15 is 0 Å². The molecule has 0 radical (unpaired) electrons. The van der Waals surface area contributed by atoms with Gasteiger partial charge in [-0.15, -0.1) is 40.8 Å². The largest absolute Gasteiger partial charge is 0.472 e. The fourth-order valence-electron chi connectivity index (χ4n) is 9.50. The Morgan fingerprint density at radius 2 is 0.926 bits per heavy atom. The third-order valence-corrected chi connectivity index (χ3v) is 14.9. The molecule has 28 nitrogen and oxygen atoms in total. The minimum atomic E-state index is -4.51. The maximum atomic E-state index is 13.3. The Morgan fingerprint density at radius 1 is 0.500 bits per heavy atom. The second-order valence-electron chi connectivity index (χ2n) is 21.6. The van der Waals surface area contributed by atoms with E-state index in [0.717, 1.165) is 81.0 Å². The molecule has 9 aromatic rings. The Kier molecular flexibility index (Phi) is 22.5. The third-order valence-electron chi connectivity index (χ3n) is 14.9. The first-order valence-electron chi connectivity index (χ1n) is 29.8. The predicted octanol–water partition coefficient (Wildman–Crippen LogP) is 8.39. The third kappa shape index (κ3) is 18.0. The van der Waals surface area contributed by atoms with E-state index in [0.29, 0.717) is 106 Å². The van der Waals surface area contributed by atoms with Crippen molar-refractivity contribution in [2.75, 3.05) is 39.6 Å². The van der Waals surface area contributed by atoms with Gasteiger partial charge in [-0.1, -0.05) is 22.0 Å². The highest BCUT2D eigenvalue weighted by atomic mass is 19.4. The number of pyridine rings is 1. The molecule has 3 N–H and O–H groups in total. The maximum absolute atomic E-state index is 13.3. The first-order chi connectivity index (χ1) is 45.5. The van der Waals surface area contributed by atoms with Crippen molar-refractivity contribution in [1.82, 2.24) is 87.4 Å². The molecule has 492 valence electrons. The molecule has 0 saturated carbocycles. The Morgan fingerprint density at radius 3 is 1.34 bits per heavy atom. The molecular formula is C62H65F4N17O11. The molecule has 0 aromatic carbocycles. The highest BCUT2D eigenvalue weighted by Crippen LogP contribution is 2.32. The molecule has 94 heavy (non-hydrogen) atoms. The number of halogens is 4. The van der Waals surface area contributed by atoms with E-state index in [1.54, 1.807) is 50.2 Å². The van der Waals surface area contributed by atoms with Crippen LogP contribution in [-0.4, -0.2) is 141 Å². The van der Waals surface area contributed by atoms with E-state index in [1.807, 2.05) is 26.0 Å². The zero-order chi connectivity index (χ0) is 66.0. The van der Waals surface area contributed by atoms with Crippen molar-refractivity contribution in [1.29, 1.82) is 0 Å². The summed E-state index contributed by atoms with van der Waals surface area (Å²) >= 11 is 0. The number of amides is 2. The summed E-state index contributed by atoms with van der Waals surface area (Å²) in [4.78, 5) is 28.1. The van der Waals surface area contributed by atoms with Crippen LogP contribution in [0, 0.1) is 27.7 Å². The zero-order valence-electron chi connectivity index (χ0n) is 51.5. The van der Waals surface area contributed by atoms with Crippen LogP contribution in [0.2, 0.25) is 0 Å². The molecule has 0 bridgehead atoms. The number of carbonyl (C=O) groups excluding carboxylic acids is 2. The fourth-order valence-corrected chi connectivity index (χ4v) is 9.50. The Bertz CT molecular complexity index is 3920. The first-order valence-corrected chi connectivity index (χ1v) is 29.8. The molecule has 12 heterocycles. The number of alkyl halides is 4. The number of hydrogen-bond donors (Lipinski definition) is 3. The van der Waals surface area contributed by atoms with Gasteiger partial charge < -0.3 is 57.9 Å². The number of nitrogens with one attached hydrogen (secondary N) is 3. The lowest BCUT2D eigenvalue weighted by atomic mass is 10.1. The summed E-state index contributed by atoms with van der Waals surface area (Å²) in [5.74, 6) is 1.32. The molecule has 2 amide bonds. The van der Waals surface area contributed by atoms with Gasteiger partial charge in [0.25, 0.3) is 11.8 Å². The number of hydrogen-bond acceptors (Lipinski definition) is 26. The van der Waals surface area contributed by atoms with E-state index in [1.165, 1.54) is 18.2 Å². The minimum absolute atomic E-state index is 0.0396. The highest BCUT2D eigenvalue weighted by molar-refractivity contribution is 5.92. The van der Waals surface area contributed by atoms with E-state index in [9.17, 15) is 27.2 Å². The van der Waals surface area contributed by atoms with Crippen molar-refractivity contribution < 1.29 is 69.1 Å². The number of nitrogens with zero attached hydrogens (tertiary/aromatic N) is 14. The molecule has 0 unspecified atom stereocenters. The lowest BCUT2D eigenvalue weighted by Crippen LogP contribution is -2.39. The van der Waals surface area contributed by atoms with Crippen LogP contribution >= 0.6 is 0 Å². The van der Waals surface area contributed by atoms with Crippen molar-refractivity contribution in [3.05, 3.63) is 154 Å². The SMILES string of the molecule is C=C(NC1CCOCC1)c1ccc(OCc2c(-c3ccc(C(F)(F)F)nc3)noc2C)nn1.Cc1ccc(-c2noc(C)c2COc2ccc(C(=O)NC3CCOCC3)nn2)nn1.Cc1ccc(-c2noc(CF)c2COc2ccc(C(=O)NC3CCOCC3)nn2)nn1. The van der Waals surface area contributed by atoms with Gasteiger partial charge in [-0.05, 0) is 121 Å². The van der Waals surface area contributed by atoms with Crippen LogP contribution in [0.15, 0.2) is 99.1 Å². The number of aryl methyl sites for hydroxylation is 4. The summed E-state index contributed by atoms with van der Waals surface area (Å²) in [5.41, 5.74) is 6.71. The summed E-state index contributed by atoms with van der Waals surface area (Å²) in [6.45, 7) is 14.5. The maximum Gasteiger partial charge on any atom is 0.433 e. The molecule has 3 saturated heterocycles. The van der Waals surface area contributed by atoms with Crippen LogP contribution in [0.5, 0.6) is 17.6 Å². The second-order valence-corrected chi connectivity index (χ2v) is 21.6. The smallest absolute Gasteiger partial charge is 0.433 e. The molecule has 0 aliphatic carbocycles. The molecule has 3 fully saturated rings. The predicted molar refractivity (Wildman–Crippen MR) is 321 cm³/mol. The van der Waals surface area contributed by atoms with Crippen LogP contribution in [0.1, 0.15) is 116 Å². The minimum Gasteiger partial charge on any atom is -0.472 e. The van der Waals surface area contributed by atoms with E-state index < -0.39 is 18.5 Å². The normalized spacial score (nSPS) is 14.6. The van der Waals surface area contributed by atoms with Crippen LogP contribution in [0.4, 0.5) is 17.6 Å². The van der Waals surface area contributed by atoms with Crippen molar-refractivity contribution in [3.63, 3.8) is 0 Å². The second kappa shape index (κ2) is 31.8. The molecule has 32 heteroatoms. The molecule has 0 atom stereocenters. The number of aromatic nitrogens is 14. The van der Waals surface area contributed by atoms with Crippen molar-refractivity contribution in [3.8, 4) is 51.7 Å². The van der Waals surface area contributed by atoms with Gasteiger partial charge in [0.1, 0.15) is 71.2 Å². The quantitative estimate of drug-likeness (QED) is 0.0603. The van der Waals surface area contributed by atoms with Gasteiger partial charge in [0.05, 0.1) is 33.8 Å². The summed E-state index contributed by atoms with van der Waals surface area (Å²) in [7, 11) is 0. The van der Waals surface area contributed by atoms with Crippen LogP contribution in [-0.2, 0) is 46.9 Å². The number of ether oxygens (including phenoxy) is 6. The Labute approximate surface area is 534 Å². The zero-order valence-corrected chi connectivity index (χ0v) is 51.5. The molecule has 12 rings (SSSR count). The summed E-state index contributed by atoms with van der Waals surface area (Å²) in [6, 6.07) is 19.5. The standard InChI is InChI=1S/C22H22F3N5O3.C20H21FN6O4.C20H22N6O4/c1-13(27-16-7-9-31-10-8-16)18-4-6-20(29-28-18)32-12-17-14(2)33-30-21(17)15-3-5-19(26-11-15)22(23,24)25;1-12-2-3-15(24-23-12)19-14(17(10-21)31-27-19)11-30-18-5-4-16(25-26-18)20(28)22-13-6-8-29-9-7-13;1-12-3-4-16(23-22-12)19-15(13(2)30-26-19)11-29-18-6-5-17(24-25-18)20(27)21-14-7-9-28-10-8-14/h3-6,11,16,27H,1,7-10,12H2,2H3;2-5,13H,6-11H2,1H3,(H,22,28);3-6,14H,7-11H2,1-2H3,(H,21,27). The lowest BCUT2D eigenvalue weighted by molar-refractivity contribution is -0.141. The number of rotatable bonds is 20. The topological polar surface area (TPSA) is 345 Å². The van der Waals surface area contributed by atoms with Gasteiger partial charge in [-0.3, -0.25) is 14.6 Å². The van der Waals surface area contributed by atoms with Crippen LogP contribution < -0.4 is 30.2 Å². The van der Waals surface area contributed by atoms with Crippen LogP contribution in [0.3, 0.4) is 0 Å². The highest BCUT2D eigenvalue weighted by Gasteiger charge is 2.33. The molecule has 9 aromatic heterocycles. The van der Waals surface area contributed by atoms with E-state index in [2.05, 4.69) is 94.0 Å². The monoisotopic (exact) mass is 1300 g/mol. The van der Waals surface area contributed by atoms with Gasteiger partial charge >= 0.3 is 6.18 Å².